The van der Waals surface area contributed by atoms with E-state index in [1.54, 1.807) is 24.3 Å². The number of para-hydroxylation sites is 1. The molecule has 2 aromatic carbocycles. The summed E-state index contributed by atoms with van der Waals surface area (Å²) in [4.78, 5) is 10.9. The fraction of sp³-hybridized carbons (Fsp3) is 0.143. The molecule has 0 N–H and O–H groups in total. The lowest BCUT2D eigenvalue weighted by atomic mass is 10.0. The number of carbonyl (C=O) groups excluding carboxylic acids is 1. The number of rotatable bonds is 4. The molecule has 7 heteroatoms. The van der Waals surface area contributed by atoms with E-state index < -0.39 is 11.7 Å². The Morgan fingerprint density at radius 1 is 1.07 bits per heavy atom. The van der Waals surface area contributed by atoms with Crippen molar-refractivity contribution in [3.8, 4) is 11.5 Å². The number of aryl methyl sites for hydroxylation is 1. The zero-order chi connectivity index (χ0) is 19.9. The highest BCUT2D eigenvalue weighted by Crippen LogP contribution is 2.36. The van der Waals surface area contributed by atoms with Gasteiger partial charge in [-0.2, -0.15) is 18.3 Å². The number of alkyl halides is 3. The Morgan fingerprint density at radius 3 is 2.57 bits per heavy atom. The van der Waals surface area contributed by atoms with Crippen LogP contribution in [-0.4, -0.2) is 16.1 Å². The van der Waals surface area contributed by atoms with Crippen LogP contribution in [0.3, 0.4) is 0 Å². The first kappa shape index (κ1) is 18.0. The van der Waals surface area contributed by atoms with E-state index in [9.17, 15) is 18.0 Å². The zero-order valence-corrected chi connectivity index (χ0v) is 14.8. The molecule has 0 saturated carbocycles. The van der Waals surface area contributed by atoms with E-state index in [2.05, 4.69) is 5.10 Å². The number of aldehydes is 1. The lowest BCUT2D eigenvalue weighted by Crippen LogP contribution is -2.14. The summed E-state index contributed by atoms with van der Waals surface area (Å²) >= 11 is 0. The number of aromatic nitrogens is 2. The topological polar surface area (TPSA) is 48.0 Å². The number of benzene rings is 2. The monoisotopic (exact) mass is 384 g/mol. The molecule has 0 fully saturated rings. The Morgan fingerprint density at radius 2 is 1.86 bits per heavy atom. The first-order chi connectivity index (χ1) is 13.4. The first-order valence-electron chi connectivity index (χ1n) is 8.55. The van der Waals surface area contributed by atoms with E-state index >= 15 is 0 Å². The highest BCUT2D eigenvalue weighted by molar-refractivity contribution is 5.92. The normalized spacial score (nSPS) is 11.9. The van der Waals surface area contributed by atoms with Gasteiger partial charge in [0, 0.05) is 5.39 Å². The number of carbonyl (C=O) groups is 1. The van der Waals surface area contributed by atoms with Gasteiger partial charge in [0.05, 0.1) is 17.6 Å². The molecule has 0 aliphatic carbocycles. The molecule has 0 aliphatic heterocycles. The van der Waals surface area contributed by atoms with Crippen molar-refractivity contribution < 1.29 is 22.4 Å². The lowest BCUT2D eigenvalue weighted by molar-refractivity contribution is -0.138. The first-order valence-corrected chi connectivity index (χ1v) is 8.55. The average Bonchev–Trinajstić information content (AvgIpc) is 3.26. The van der Waals surface area contributed by atoms with Gasteiger partial charge in [0.25, 0.3) is 0 Å². The van der Waals surface area contributed by atoms with Gasteiger partial charge in [0.2, 0.25) is 0 Å². The minimum absolute atomic E-state index is 0.0434. The number of fused-ring (bicyclic) bond motifs is 1. The molecule has 0 aliphatic rings. The molecular formula is C21H15F3N2O2. The van der Waals surface area contributed by atoms with Crippen LogP contribution in [0.5, 0.6) is 0 Å². The lowest BCUT2D eigenvalue weighted by Gasteiger charge is -2.16. The number of hydrogen-bond donors (Lipinski definition) is 0. The van der Waals surface area contributed by atoms with E-state index in [4.69, 9.17) is 4.42 Å². The molecule has 2 aromatic heterocycles. The third kappa shape index (κ3) is 3.09. The quantitative estimate of drug-likeness (QED) is 0.438. The van der Waals surface area contributed by atoms with Crippen LogP contribution < -0.4 is 0 Å². The molecule has 4 aromatic rings. The molecule has 0 radical (unpaired) electrons. The Bertz CT molecular complexity index is 1170. The standard InChI is InChI=1S/C21H15F3N2O2/c1-13-5-4-6-14(19(13)21(22,23)24)11-26-17-8-3-2-7-16(17)20(25-26)18-10-9-15(12-27)28-18/h2-10,12H,11H2,1H3. The summed E-state index contributed by atoms with van der Waals surface area (Å²) in [6, 6.07) is 14.9. The van der Waals surface area contributed by atoms with Gasteiger partial charge < -0.3 is 4.42 Å². The molecule has 0 unspecified atom stereocenters. The second-order valence-electron chi connectivity index (χ2n) is 6.45. The van der Waals surface area contributed by atoms with Crippen LogP contribution in [0.2, 0.25) is 0 Å². The third-order valence-corrected chi connectivity index (χ3v) is 4.60. The molecule has 142 valence electrons. The molecule has 28 heavy (non-hydrogen) atoms. The van der Waals surface area contributed by atoms with Crippen LogP contribution in [0, 0.1) is 6.92 Å². The number of nitrogens with zero attached hydrogens (tertiary/aromatic N) is 2. The Hall–Kier alpha value is -3.35. The molecule has 0 amide bonds. The van der Waals surface area contributed by atoms with Crippen LogP contribution in [0.1, 0.15) is 27.2 Å². The summed E-state index contributed by atoms with van der Waals surface area (Å²) in [5.74, 6) is 0.545. The van der Waals surface area contributed by atoms with E-state index in [1.165, 1.54) is 29.8 Å². The number of halogens is 3. The molecule has 0 bridgehead atoms. The fourth-order valence-corrected chi connectivity index (χ4v) is 3.40. The van der Waals surface area contributed by atoms with Crippen LogP contribution in [0.4, 0.5) is 13.2 Å². The maximum Gasteiger partial charge on any atom is 0.416 e. The molecule has 0 spiro atoms. The van der Waals surface area contributed by atoms with Crippen molar-refractivity contribution >= 4 is 17.2 Å². The van der Waals surface area contributed by atoms with Gasteiger partial charge in [-0.1, -0.05) is 36.4 Å². The summed E-state index contributed by atoms with van der Waals surface area (Å²) < 4.78 is 47.7. The second kappa shape index (κ2) is 6.67. The highest BCUT2D eigenvalue weighted by atomic mass is 19.4. The predicted molar refractivity (Wildman–Crippen MR) is 98.1 cm³/mol. The van der Waals surface area contributed by atoms with Gasteiger partial charge in [-0.3, -0.25) is 9.48 Å². The Balaban J connectivity index is 1.86. The van der Waals surface area contributed by atoms with Crippen LogP contribution >= 0.6 is 0 Å². The van der Waals surface area contributed by atoms with Gasteiger partial charge in [-0.05, 0) is 36.2 Å². The van der Waals surface area contributed by atoms with Gasteiger partial charge in [-0.25, -0.2) is 0 Å². The molecule has 2 heterocycles. The molecule has 4 nitrogen and oxygen atoms in total. The third-order valence-electron chi connectivity index (χ3n) is 4.60. The molecular weight excluding hydrogens is 369 g/mol. The van der Waals surface area contributed by atoms with Crippen molar-refractivity contribution in [3.63, 3.8) is 0 Å². The minimum atomic E-state index is -4.45. The maximum atomic E-state index is 13.6. The van der Waals surface area contributed by atoms with Gasteiger partial charge >= 0.3 is 6.18 Å². The zero-order valence-electron chi connectivity index (χ0n) is 14.8. The van der Waals surface area contributed by atoms with Crippen LogP contribution in [0.15, 0.2) is 59.0 Å². The summed E-state index contributed by atoms with van der Waals surface area (Å²) in [5.41, 5.74) is 0.821. The fourth-order valence-electron chi connectivity index (χ4n) is 3.40. The summed E-state index contributed by atoms with van der Waals surface area (Å²) in [6.07, 6.45) is -3.86. The van der Waals surface area contributed by atoms with Crippen LogP contribution in [-0.2, 0) is 12.7 Å². The summed E-state index contributed by atoms with van der Waals surface area (Å²) in [5, 5.41) is 5.23. The molecule has 4 rings (SSSR count). The number of hydrogen-bond acceptors (Lipinski definition) is 3. The summed E-state index contributed by atoms with van der Waals surface area (Å²) in [7, 11) is 0. The van der Waals surface area contributed by atoms with Crippen molar-refractivity contribution in [1.29, 1.82) is 0 Å². The predicted octanol–water partition coefficient (Wildman–Crippen LogP) is 5.48. The maximum absolute atomic E-state index is 13.6. The van der Waals surface area contributed by atoms with Gasteiger partial charge in [0.1, 0.15) is 5.69 Å². The Labute approximate surface area is 158 Å². The van der Waals surface area contributed by atoms with Gasteiger partial charge in [0.15, 0.2) is 17.8 Å². The smallest absolute Gasteiger partial charge is 0.416 e. The van der Waals surface area contributed by atoms with E-state index in [0.29, 0.717) is 23.3 Å². The molecule has 0 saturated heterocycles. The van der Waals surface area contributed by atoms with Crippen LogP contribution in [0.25, 0.3) is 22.4 Å². The largest absolute Gasteiger partial charge is 0.452 e. The van der Waals surface area contributed by atoms with E-state index in [-0.39, 0.29) is 23.4 Å². The van der Waals surface area contributed by atoms with E-state index in [0.717, 1.165) is 5.39 Å². The number of furan rings is 1. The highest BCUT2D eigenvalue weighted by Gasteiger charge is 2.35. The van der Waals surface area contributed by atoms with Crippen molar-refractivity contribution in [3.05, 3.63) is 77.0 Å². The van der Waals surface area contributed by atoms with Crippen molar-refractivity contribution in [1.82, 2.24) is 9.78 Å². The van der Waals surface area contributed by atoms with E-state index in [1.807, 2.05) is 12.1 Å². The van der Waals surface area contributed by atoms with Crippen molar-refractivity contribution in [2.24, 2.45) is 0 Å². The van der Waals surface area contributed by atoms with Gasteiger partial charge in [-0.15, -0.1) is 0 Å². The van der Waals surface area contributed by atoms with Crippen molar-refractivity contribution in [2.45, 2.75) is 19.6 Å². The second-order valence-corrected chi connectivity index (χ2v) is 6.45. The Kier molecular flexibility index (Phi) is 4.30. The average molecular weight is 384 g/mol. The minimum Gasteiger partial charge on any atom is -0.452 e. The molecule has 0 atom stereocenters. The summed E-state index contributed by atoms with van der Waals surface area (Å²) in [6.45, 7) is 1.40. The SMILES string of the molecule is Cc1cccc(Cn2nc(-c3ccc(C=O)o3)c3ccccc32)c1C(F)(F)F. The van der Waals surface area contributed by atoms with Crippen molar-refractivity contribution in [2.75, 3.05) is 0 Å².